The molecule has 1 heterocycles. The van der Waals surface area contributed by atoms with Crippen molar-refractivity contribution < 1.29 is 24.2 Å². The Morgan fingerprint density at radius 3 is 2.62 bits per heavy atom. The first-order chi connectivity index (χ1) is 13.8. The minimum absolute atomic E-state index is 0.0896. The fourth-order valence-corrected chi connectivity index (χ4v) is 6.64. The van der Waals surface area contributed by atoms with Gasteiger partial charge in [0.25, 0.3) is 5.91 Å². The molecule has 4 fully saturated rings. The van der Waals surface area contributed by atoms with Gasteiger partial charge in [-0.25, -0.2) is 0 Å². The van der Waals surface area contributed by atoms with Crippen molar-refractivity contribution >= 4 is 29.2 Å². The summed E-state index contributed by atoms with van der Waals surface area (Å²) in [5.74, 6) is -0.0771. The minimum atomic E-state index is -0.620. The number of hydrogen-bond acceptors (Lipinski definition) is 5. The highest BCUT2D eigenvalue weighted by atomic mass is 16.5. The third kappa shape index (κ3) is 3.41. The first kappa shape index (κ1) is 18.6. The van der Waals surface area contributed by atoms with E-state index in [0.29, 0.717) is 29.6 Å². The number of ether oxygens (including phenoxy) is 1. The Labute approximate surface area is 169 Å². The Morgan fingerprint density at radius 2 is 1.90 bits per heavy atom. The number of nitrogens with one attached hydrogen (secondary N) is 1. The summed E-state index contributed by atoms with van der Waals surface area (Å²) in [6.45, 7) is -0.471. The molecule has 1 aromatic carbocycles. The molecule has 2 unspecified atom stereocenters. The van der Waals surface area contributed by atoms with Gasteiger partial charge < -0.3 is 15.2 Å². The van der Waals surface area contributed by atoms with E-state index in [1.807, 2.05) is 0 Å². The number of carbonyl (C=O) groups excluding carboxylic acids is 3. The summed E-state index contributed by atoms with van der Waals surface area (Å²) in [7, 11) is 0. The zero-order chi connectivity index (χ0) is 20.2. The average molecular weight is 398 g/mol. The largest absolute Gasteiger partial charge is 0.456 e. The van der Waals surface area contributed by atoms with E-state index in [1.54, 1.807) is 24.3 Å². The van der Waals surface area contributed by atoms with Crippen LogP contribution >= 0.6 is 0 Å². The molecule has 2 amide bonds. The molecule has 4 aliphatic carbocycles. The first-order valence-electron chi connectivity index (χ1n) is 10.4. The number of amides is 2. The molecule has 7 nitrogen and oxygen atoms in total. The molecule has 5 aliphatic rings. The van der Waals surface area contributed by atoms with E-state index in [9.17, 15) is 19.5 Å². The van der Waals surface area contributed by atoms with Crippen molar-refractivity contribution in [2.45, 2.75) is 50.5 Å². The highest BCUT2D eigenvalue weighted by Gasteiger charge is 2.57. The van der Waals surface area contributed by atoms with Gasteiger partial charge in [-0.2, -0.15) is 0 Å². The monoisotopic (exact) mass is 398 g/mol. The summed E-state index contributed by atoms with van der Waals surface area (Å²) in [6, 6.07) is 7.06. The van der Waals surface area contributed by atoms with Crippen LogP contribution < -0.4 is 10.2 Å². The normalized spacial score (nSPS) is 34.5. The lowest BCUT2D eigenvalue weighted by molar-refractivity contribution is -0.177. The number of fused-ring (bicyclic) bond motifs is 1. The Hall–Kier alpha value is -2.41. The van der Waals surface area contributed by atoms with Gasteiger partial charge in [0, 0.05) is 0 Å². The summed E-state index contributed by atoms with van der Waals surface area (Å²) in [5.41, 5.74) is 0.378. The highest BCUT2D eigenvalue weighted by Crippen LogP contribution is 2.62. The van der Waals surface area contributed by atoms with Gasteiger partial charge in [-0.1, -0.05) is 12.1 Å². The predicted molar refractivity (Wildman–Crippen MR) is 105 cm³/mol. The molecule has 4 saturated carbocycles. The number of para-hydroxylation sites is 2. The molecule has 1 aromatic rings. The van der Waals surface area contributed by atoms with E-state index in [4.69, 9.17) is 4.74 Å². The van der Waals surface area contributed by atoms with Crippen molar-refractivity contribution in [1.82, 2.24) is 0 Å². The zero-order valence-electron chi connectivity index (χ0n) is 16.4. The molecule has 6 rings (SSSR count). The topological polar surface area (TPSA) is 95.9 Å². The number of hydrogen-bond donors (Lipinski definition) is 2. The van der Waals surface area contributed by atoms with Crippen LogP contribution in [0.15, 0.2) is 24.3 Å². The SMILES string of the molecule is O=C1CN(C(=O)COC(=O)CC23C[C@@H]4C[C@@H](CC(O)(C4)C2)C3)c2ccccc2N1. The molecule has 0 radical (unpaired) electrons. The minimum Gasteiger partial charge on any atom is -0.456 e. The summed E-state index contributed by atoms with van der Waals surface area (Å²) in [6.07, 6.45) is 5.73. The van der Waals surface area contributed by atoms with Gasteiger partial charge in [-0.3, -0.25) is 19.3 Å². The van der Waals surface area contributed by atoms with Crippen molar-refractivity contribution in [2.75, 3.05) is 23.4 Å². The number of benzene rings is 1. The van der Waals surface area contributed by atoms with E-state index in [-0.39, 0.29) is 30.9 Å². The molecular formula is C22H26N2O5. The number of nitrogens with zero attached hydrogens (tertiary/aromatic N) is 1. The fourth-order valence-electron chi connectivity index (χ4n) is 6.64. The van der Waals surface area contributed by atoms with Crippen LogP contribution in [0.25, 0.3) is 0 Å². The third-order valence-electron chi connectivity index (χ3n) is 7.10. The van der Waals surface area contributed by atoms with Crippen LogP contribution in [0.5, 0.6) is 0 Å². The van der Waals surface area contributed by atoms with Gasteiger partial charge in [0.15, 0.2) is 6.61 Å². The van der Waals surface area contributed by atoms with Gasteiger partial charge in [0.1, 0.15) is 6.54 Å². The lowest BCUT2D eigenvalue weighted by Crippen LogP contribution is -2.56. The Bertz CT molecular complexity index is 868. The number of esters is 1. The van der Waals surface area contributed by atoms with Gasteiger partial charge in [-0.05, 0) is 67.9 Å². The number of anilines is 2. The summed E-state index contributed by atoms with van der Waals surface area (Å²) >= 11 is 0. The van der Waals surface area contributed by atoms with Crippen LogP contribution in [0.3, 0.4) is 0 Å². The lowest BCUT2D eigenvalue weighted by atomic mass is 9.47. The summed E-state index contributed by atoms with van der Waals surface area (Å²) in [4.78, 5) is 38.5. The third-order valence-corrected chi connectivity index (χ3v) is 7.10. The smallest absolute Gasteiger partial charge is 0.306 e. The molecule has 154 valence electrons. The van der Waals surface area contributed by atoms with E-state index in [0.717, 1.165) is 32.1 Å². The molecule has 4 bridgehead atoms. The molecule has 29 heavy (non-hydrogen) atoms. The van der Waals surface area contributed by atoms with Crippen LogP contribution in [-0.4, -0.2) is 41.6 Å². The average Bonchev–Trinajstić information content (AvgIpc) is 2.63. The van der Waals surface area contributed by atoms with Crippen LogP contribution in [0.1, 0.15) is 44.9 Å². The maximum Gasteiger partial charge on any atom is 0.306 e. The van der Waals surface area contributed by atoms with Crippen molar-refractivity contribution in [3.63, 3.8) is 0 Å². The summed E-state index contributed by atoms with van der Waals surface area (Å²) < 4.78 is 5.34. The molecule has 7 heteroatoms. The number of carbonyl (C=O) groups is 3. The van der Waals surface area contributed by atoms with Crippen molar-refractivity contribution in [1.29, 1.82) is 0 Å². The lowest BCUT2D eigenvalue weighted by Gasteiger charge is -2.60. The van der Waals surface area contributed by atoms with E-state index < -0.39 is 17.5 Å². The number of rotatable bonds is 4. The maximum atomic E-state index is 12.7. The molecule has 0 saturated heterocycles. The maximum absolute atomic E-state index is 12.7. The van der Waals surface area contributed by atoms with Crippen LogP contribution in [0.4, 0.5) is 11.4 Å². The van der Waals surface area contributed by atoms with Crippen LogP contribution in [0, 0.1) is 17.3 Å². The second-order valence-electron chi connectivity index (χ2n) is 9.57. The van der Waals surface area contributed by atoms with E-state index in [1.165, 1.54) is 4.90 Å². The predicted octanol–water partition coefficient (Wildman–Crippen LogP) is 2.24. The molecule has 0 aromatic heterocycles. The Kier molecular flexibility index (Phi) is 4.21. The molecule has 0 spiro atoms. The number of aliphatic hydroxyl groups is 1. The first-order valence-corrected chi connectivity index (χ1v) is 10.4. The Balaban J connectivity index is 1.22. The van der Waals surface area contributed by atoms with Gasteiger partial charge in [0.05, 0.1) is 23.4 Å². The highest BCUT2D eigenvalue weighted by molar-refractivity contribution is 6.10. The van der Waals surface area contributed by atoms with Crippen LogP contribution in [-0.2, 0) is 19.1 Å². The zero-order valence-corrected chi connectivity index (χ0v) is 16.4. The molecular weight excluding hydrogens is 372 g/mol. The van der Waals surface area contributed by atoms with E-state index >= 15 is 0 Å². The standard InChI is InChI=1S/C22H26N2O5/c25-18-11-24(17-4-2-1-3-16(17)23-18)19(26)12-29-20(27)10-21-6-14-5-15(7-21)9-22(28,8-14)13-21/h1-4,14-15,28H,5-13H2,(H,23,25)/t14-,15+,21?,22?. The van der Waals surface area contributed by atoms with Gasteiger partial charge in [0.2, 0.25) is 5.91 Å². The van der Waals surface area contributed by atoms with Gasteiger partial charge in [-0.15, -0.1) is 0 Å². The van der Waals surface area contributed by atoms with Crippen molar-refractivity contribution in [2.24, 2.45) is 17.3 Å². The quantitative estimate of drug-likeness (QED) is 0.759. The van der Waals surface area contributed by atoms with Gasteiger partial charge >= 0.3 is 5.97 Å². The molecule has 4 atom stereocenters. The second kappa shape index (κ2) is 6.55. The van der Waals surface area contributed by atoms with Crippen LogP contribution in [0.2, 0.25) is 0 Å². The van der Waals surface area contributed by atoms with Crippen molar-refractivity contribution in [3.8, 4) is 0 Å². The molecule has 1 aliphatic heterocycles. The second-order valence-corrected chi connectivity index (χ2v) is 9.57. The van der Waals surface area contributed by atoms with E-state index in [2.05, 4.69) is 5.32 Å². The Morgan fingerprint density at radius 1 is 1.17 bits per heavy atom. The fraction of sp³-hybridized carbons (Fsp3) is 0.591. The summed E-state index contributed by atoms with van der Waals surface area (Å²) in [5, 5.41) is 13.6. The molecule has 2 N–H and O–H groups in total. The van der Waals surface area contributed by atoms with Crippen molar-refractivity contribution in [3.05, 3.63) is 24.3 Å².